The third-order valence-corrected chi connectivity index (χ3v) is 6.12. The summed E-state index contributed by atoms with van der Waals surface area (Å²) in [6, 6.07) is 16.2. The molecule has 2 unspecified atom stereocenters. The molecular formula is C25H27ClFN5O. The van der Waals surface area contributed by atoms with E-state index >= 15 is 0 Å². The van der Waals surface area contributed by atoms with Crippen LogP contribution in [0.5, 0.6) is 0 Å². The van der Waals surface area contributed by atoms with E-state index < -0.39 is 0 Å². The molecule has 1 aromatic heterocycles. The first-order valence-corrected chi connectivity index (χ1v) is 11.3. The summed E-state index contributed by atoms with van der Waals surface area (Å²) in [7, 11) is 0. The third-order valence-electron chi connectivity index (χ3n) is 5.82. The molecule has 2 atom stereocenters. The summed E-state index contributed by atoms with van der Waals surface area (Å²) in [6.07, 6.45) is 3.11. The van der Waals surface area contributed by atoms with Gasteiger partial charge in [0.25, 0.3) is 0 Å². The smallest absolute Gasteiger partial charge is 0.219 e. The highest BCUT2D eigenvalue weighted by Crippen LogP contribution is 2.33. The summed E-state index contributed by atoms with van der Waals surface area (Å²) in [5, 5.41) is 7.01. The van der Waals surface area contributed by atoms with Crippen LogP contribution in [0.3, 0.4) is 0 Å². The van der Waals surface area contributed by atoms with E-state index in [4.69, 9.17) is 17.3 Å². The van der Waals surface area contributed by atoms with Crippen molar-refractivity contribution < 1.29 is 9.18 Å². The quantitative estimate of drug-likeness (QED) is 0.461. The van der Waals surface area contributed by atoms with Crippen molar-refractivity contribution in [3.63, 3.8) is 0 Å². The Hall–Kier alpha value is -3.16. The zero-order valence-electron chi connectivity index (χ0n) is 18.4. The molecule has 2 aromatic carbocycles. The number of nitrogens with one attached hydrogen (secondary N) is 2. The lowest BCUT2D eigenvalue weighted by Gasteiger charge is -2.38. The first-order valence-electron chi connectivity index (χ1n) is 10.9. The first-order chi connectivity index (χ1) is 15.9. The molecule has 4 rings (SSSR count). The highest BCUT2D eigenvalue weighted by atomic mass is 35.5. The minimum Gasteiger partial charge on any atom is -0.380 e. The standard InChI is InChI=1S/C25H27ClFN5O/c1-16(33)32-9-8-20(28)12-24(32)18-5-3-7-21(11-18)31-25-13-23(22(26)15-30-25)29-14-17-4-2-6-19(27)10-17/h2-7,10-11,13,15,20,24H,8-9,12,14,28H2,1H3,(H2,29,30,31). The zero-order chi connectivity index (χ0) is 23.4. The van der Waals surface area contributed by atoms with Crippen molar-refractivity contribution in [3.8, 4) is 0 Å². The second-order valence-corrected chi connectivity index (χ2v) is 8.70. The third kappa shape index (κ3) is 5.80. The Kier molecular flexibility index (Phi) is 7.11. The molecule has 2 heterocycles. The molecule has 3 aromatic rings. The van der Waals surface area contributed by atoms with Gasteiger partial charge in [0.05, 0.1) is 22.9 Å². The molecule has 1 fully saturated rings. The predicted octanol–water partition coefficient (Wildman–Crippen LogP) is 5.24. The number of nitrogens with zero attached hydrogens (tertiary/aromatic N) is 2. The molecule has 4 N–H and O–H groups in total. The fourth-order valence-electron chi connectivity index (χ4n) is 4.14. The number of carbonyl (C=O) groups is 1. The molecule has 1 amide bonds. The van der Waals surface area contributed by atoms with Gasteiger partial charge in [0, 0.05) is 37.8 Å². The summed E-state index contributed by atoms with van der Waals surface area (Å²) >= 11 is 6.31. The second kappa shape index (κ2) is 10.2. The number of aromatic nitrogens is 1. The summed E-state index contributed by atoms with van der Waals surface area (Å²) in [4.78, 5) is 18.4. The molecule has 0 bridgehead atoms. The van der Waals surface area contributed by atoms with Crippen LogP contribution in [0.1, 0.15) is 36.9 Å². The molecule has 33 heavy (non-hydrogen) atoms. The van der Waals surface area contributed by atoms with Gasteiger partial charge in [-0.2, -0.15) is 0 Å². The average molecular weight is 468 g/mol. The monoisotopic (exact) mass is 467 g/mol. The summed E-state index contributed by atoms with van der Waals surface area (Å²) in [5.41, 5.74) is 9.57. The van der Waals surface area contributed by atoms with Crippen molar-refractivity contribution in [1.82, 2.24) is 9.88 Å². The lowest BCUT2D eigenvalue weighted by molar-refractivity contribution is -0.132. The van der Waals surface area contributed by atoms with Crippen LogP contribution in [0.2, 0.25) is 5.02 Å². The summed E-state index contributed by atoms with van der Waals surface area (Å²) in [5.74, 6) is 0.389. The Balaban J connectivity index is 1.50. The van der Waals surface area contributed by atoms with Crippen LogP contribution in [0.25, 0.3) is 0 Å². The van der Waals surface area contributed by atoms with Crippen molar-refractivity contribution in [2.45, 2.75) is 38.4 Å². The number of anilines is 3. The van der Waals surface area contributed by atoms with Crippen LogP contribution in [-0.2, 0) is 11.3 Å². The predicted molar refractivity (Wildman–Crippen MR) is 130 cm³/mol. The van der Waals surface area contributed by atoms with E-state index in [1.807, 2.05) is 41.3 Å². The summed E-state index contributed by atoms with van der Waals surface area (Å²) < 4.78 is 13.4. The largest absolute Gasteiger partial charge is 0.380 e. The van der Waals surface area contributed by atoms with Crippen LogP contribution in [0.4, 0.5) is 21.6 Å². The molecule has 0 aliphatic carbocycles. The maximum Gasteiger partial charge on any atom is 0.219 e. The van der Waals surface area contributed by atoms with Gasteiger partial charge in [-0.05, 0) is 48.2 Å². The van der Waals surface area contributed by atoms with Gasteiger partial charge in [-0.3, -0.25) is 4.79 Å². The van der Waals surface area contributed by atoms with E-state index in [2.05, 4.69) is 15.6 Å². The highest BCUT2D eigenvalue weighted by molar-refractivity contribution is 6.33. The van der Waals surface area contributed by atoms with Gasteiger partial charge in [-0.25, -0.2) is 9.37 Å². The Bertz CT molecular complexity index is 1140. The maximum absolute atomic E-state index is 13.4. The maximum atomic E-state index is 13.4. The van der Waals surface area contributed by atoms with Gasteiger partial charge in [0.1, 0.15) is 11.6 Å². The normalized spacial score (nSPS) is 18.1. The first kappa shape index (κ1) is 23.0. The van der Waals surface area contributed by atoms with Crippen LogP contribution in [0.15, 0.2) is 60.8 Å². The number of nitrogens with two attached hydrogens (primary N) is 1. The molecule has 1 aliphatic rings. The van der Waals surface area contributed by atoms with E-state index in [0.717, 1.165) is 29.7 Å². The van der Waals surface area contributed by atoms with E-state index in [1.54, 1.807) is 19.2 Å². The lowest BCUT2D eigenvalue weighted by atomic mass is 9.92. The van der Waals surface area contributed by atoms with E-state index in [0.29, 0.717) is 29.6 Å². The van der Waals surface area contributed by atoms with E-state index in [9.17, 15) is 9.18 Å². The topological polar surface area (TPSA) is 83.3 Å². The van der Waals surface area contributed by atoms with Crippen LogP contribution in [-0.4, -0.2) is 28.4 Å². The fraction of sp³-hybridized carbons (Fsp3) is 0.280. The van der Waals surface area contributed by atoms with E-state index in [1.165, 1.54) is 12.1 Å². The molecule has 172 valence electrons. The van der Waals surface area contributed by atoms with Crippen molar-refractivity contribution in [2.24, 2.45) is 5.73 Å². The van der Waals surface area contributed by atoms with Crippen molar-refractivity contribution in [1.29, 1.82) is 0 Å². The molecule has 8 heteroatoms. The van der Waals surface area contributed by atoms with Gasteiger partial charge < -0.3 is 21.3 Å². The Morgan fingerprint density at radius 2 is 2.06 bits per heavy atom. The number of pyridine rings is 1. The number of piperidine rings is 1. The number of likely N-dealkylation sites (tertiary alicyclic amines) is 1. The molecular weight excluding hydrogens is 441 g/mol. The molecule has 0 spiro atoms. The Morgan fingerprint density at radius 3 is 2.85 bits per heavy atom. The fourth-order valence-corrected chi connectivity index (χ4v) is 4.31. The number of hydrogen-bond donors (Lipinski definition) is 3. The number of benzene rings is 2. The minimum absolute atomic E-state index is 0.0466. The summed E-state index contributed by atoms with van der Waals surface area (Å²) in [6.45, 7) is 2.69. The van der Waals surface area contributed by atoms with Crippen molar-refractivity contribution >= 4 is 34.7 Å². The average Bonchev–Trinajstić information content (AvgIpc) is 2.79. The van der Waals surface area contributed by atoms with Gasteiger partial charge in [-0.1, -0.05) is 35.9 Å². The number of rotatable bonds is 6. The molecule has 0 saturated carbocycles. The lowest BCUT2D eigenvalue weighted by Crippen LogP contribution is -2.44. The van der Waals surface area contributed by atoms with Crippen molar-refractivity contribution in [2.75, 3.05) is 17.2 Å². The van der Waals surface area contributed by atoms with Gasteiger partial charge in [-0.15, -0.1) is 0 Å². The second-order valence-electron chi connectivity index (χ2n) is 8.30. The number of halogens is 2. The minimum atomic E-state index is -0.278. The SMILES string of the molecule is CC(=O)N1CCC(N)CC1c1cccc(Nc2cc(NCc3cccc(F)c3)c(Cl)cn2)c1. The molecule has 1 saturated heterocycles. The molecule has 1 aliphatic heterocycles. The number of amides is 1. The Labute approximate surface area is 198 Å². The van der Waals surface area contributed by atoms with Crippen LogP contribution in [0, 0.1) is 5.82 Å². The molecule has 0 radical (unpaired) electrons. The number of hydrogen-bond acceptors (Lipinski definition) is 5. The van der Waals surface area contributed by atoms with Gasteiger partial charge >= 0.3 is 0 Å². The van der Waals surface area contributed by atoms with Gasteiger partial charge in [0.15, 0.2) is 0 Å². The zero-order valence-corrected chi connectivity index (χ0v) is 19.1. The van der Waals surface area contributed by atoms with Crippen LogP contribution >= 0.6 is 11.6 Å². The van der Waals surface area contributed by atoms with Crippen molar-refractivity contribution in [3.05, 3.63) is 82.8 Å². The van der Waals surface area contributed by atoms with Gasteiger partial charge in [0.2, 0.25) is 5.91 Å². The molecule has 6 nitrogen and oxygen atoms in total. The number of carbonyl (C=O) groups excluding carboxylic acids is 1. The Morgan fingerprint density at radius 1 is 1.24 bits per heavy atom. The van der Waals surface area contributed by atoms with E-state index in [-0.39, 0.29) is 23.8 Å². The van der Waals surface area contributed by atoms with Crippen LogP contribution < -0.4 is 16.4 Å². The highest BCUT2D eigenvalue weighted by Gasteiger charge is 2.29.